The summed E-state index contributed by atoms with van der Waals surface area (Å²) in [5, 5.41) is 4.93. The van der Waals surface area contributed by atoms with Gasteiger partial charge < -0.3 is 10.5 Å². The summed E-state index contributed by atoms with van der Waals surface area (Å²) in [6, 6.07) is 3.65. The molecule has 0 heterocycles. The number of halogens is 1. The number of rotatable bonds is 4. The quantitative estimate of drug-likeness (QED) is 0.787. The molecule has 0 atom stereocenters. The van der Waals surface area contributed by atoms with E-state index in [0.717, 1.165) is 6.07 Å². The van der Waals surface area contributed by atoms with Gasteiger partial charge in [0.2, 0.25) is 10.0 Å². The maximum absolute atomic E-state index is 11.0. The van der Waals surface area contributed by atoms with E-state index in [1.54, 1.807) is 0 Å². The molecule has 0 spiro atoms. The van der Waals surface area contributed by atoms with E-state index in [1.807, 2.05) is 0 Å². The lowest BCUT2D eigenvalue weighted by Crippen LogP contribution is -2.20. The van der Waals surface area contributed by atoms with E-state index in [1.165, 1.54) is 12.1 Å². The number of benzene rings is 1. The predicted octanol–water partition coefficient (Wildman–Crippen LogP) is -0.148. The zero-order valence-electron chi connectivity index (χ0n) is 8.01. The summed E-state index contributed by atoms with van der Waals surface area (Å²) in [5.74, 6) is -0.501. The van der Waals surface area contributed by atoms with Gasteiger partial charge in [-0.2, -0.15) is 0 Å². The van der Waals surface area contributed by atoms with Crippen LogP contribution in [0.5, 0.6) is 5.75 Å². The molecule has 1 rings (SSSR count). The van der Waals surface area contributed by atoms with Crippen LogP contribution in [0.1, 0.15) is 0 Å². The number of carbonyl (C=O) groups is 1. The van der Waals surface area contributed by atoms with Crippen LogP contribution in [-0.4, -0.2) is 20.9 Å². The lowest BCUT2D eigenvalue weighted by Gasteiger charge is -2.06. The average molecular weight is 265 g/mol. The van der Waals surface area contributed by atoms with Crippen LogP contribution in [0.3, 0.4) is 0 Å². The minimum absolute atomic E-state index is 0.0350. The Morgan fingerprint density at radius 3 is 2.50 bits per heavy atom. The van der Waals surface area contributed by atoms with Crippen molar-refractivity contribution in [3.05, 3.63) is 23.2 Å². The largest absolute Gasteiger partial charge is 0.482 e. The fourth-order valence-electron chi connectivity index (χ4n) is 0.924. The molecule has 1 aromatic rings. The minimum Gasteiger partial charge on any atom is -0.482 e. The van der Waals surface area contributed by atoms with Gasteiger partial charge in [0.1, 0.15) is 5.75 Å². The van der Waals surface area contributed by atoms with Gasteiger partial charge in [-0.05, 0) is 18.2 Å². The van der Waals surface area contributed by atoms with Crippen molar-refractivity contribution >= 4 is 27.5 Å². The van der Waals surface area contributed by atoms with Crippen molar-refractivity contribution in [2.45, 2.75) is 4.90 Å². The third-order valence-electron chi connectivity index (χ3n) is 1.60. The van der Waals surface area contributed by atoms with E-state index >= 15 is 0 Å². The molecule has 0 aliphatic carbocycles. The number of hydrogen-bond acceptors (Lipinski definition) is 4. The van der Waals surface area contributed by atoms with Crippen LogP contribution in [0.2, 0.25) is 5.02 Å². The highest BCUT2D eigenvalue weighted by molar-refractivity contribution is 7.89. The Balaban J connectivity index is 2.96. The molecule has 6 nitrogen and oxygen atoms in total. The molecule has 0 bridgehead atoms. The summed E-state index contributed by atoms with van der Waals surface area (Å²) in [6.45, 7) is -0.339. The van der Waals surface area contributed by atoms with Crippen LogP contribution in [0.15, 0.2) is 23.1 Å². The zero-order valence-corrected chi connectivity index (χ0v) is 9.59. The fourth-order valence-corrected chi connectivity index (χ4v) is 1.76. The van der Waals surface area contributed by atoms with Gasteiger partial charge in [0, 0.05) is 0 Å². The second kappa shape index (κ2) is 4.69. The number of carbonyl (C=O) groups excluding carboxylic acids is 1. The fraction of sp³-hybridized carbons (Fsp3) is 0.125. The standard InChI is InChI=1S/C8H9ClN2O4S/c9-6-3-5(16(11,13)14)1-2-7(6)15-4-8(10)12/h1-3H,4H2,(H2,10,12)(H2,11,13,14). The Hall–Kier alpha value is -1.31. The predicted molar refractivity (Wildman–Crippen MR) is 57.5 cm³/mol. The van der Waals surface area contributed by atoms with Gasteiger partial charge in [0.15, 0.2) is 6.61 Å². The number of primary amides is 1. The van der Waals surface area contributed by atoms with E-state index in [9.17, 15) is 13.2 Å². The second-order valence-electron chi connectivity index (χ2n) is 2.89. The molecule has 0 saturated heterocycles. The summed E-state index contributed by atoms with van der Waals surface area (Å²) < 4.78 is 26.9. The smallest absolute Gasteiger partial charge is 0.255 e. The molecule has 0 unspecified atom stereocenters. The molecule has 0 aliphatic heterocycles. The molecule has 16 heavy (non-hydrogen) atoms. The molecular formula is C8H9ClN2O4S. The third-order valence-corrected chi connectivity index (χ3v) is 2.81. The molecular weight excluding hydrogens is 256 g/mol. The number of amides is 1. The molecule has 0 aromatic heterocycles. The molecule has 0 aliphatic rings. The minimum atomic E-state index is -3.80. The average Bonchev–Trinajstić information content (AvgIpc) is 2.14. The van der Waals surface area contributed by atoms with E-state index in [-0.39, 0.29) is 22.3 Å². The summed E-state index contributed by atoms with van der Waals surface area (Å²) in [7, 11) is -3.80. The van der Waals surface area contributed by atoms with E-state index in [2.05, 4.69) is 0 Å². The van der Waals surface area contributed by atoms with E-state index in [4.69, 9.17) is 27.2 Å². The Kier molecular flexibility index (Phi) is 3.74. The first-order valence-electron chi connectivity index (χ1n) is 4.04. The van der Waals surface area contributed by atoms with Crippen molar-refractivity contribution in [3.63, 3.8) is 0 Å². The van der Waals surface area contributed by atoms with Gasteiger partial charge >= 0.3 is 0 Å². The summed E-state index contributed by atoms with van der Waals surface area (Å²) in [5.41, 5.74) is 4.87. The monoisotopic (exact) mass is 264 g/mol. The van der Waals surface area contributed by atoms with Crippen LogP contribution in [-0.2, 0) is 14.8 Å². The van der Waals surface area contributed by atoms with Crippen LogP contribution in [0.25, 0.3) is 0 Å². The van der Waals surface area contributed by atoms with Crippen LogP contribution >= 0.6 is 11.6 Å². The van der Waals surface area contributed by atoms with Gasteiger partial charge in [0.25, 0.3) is 5.91 Å². The number of ether oxygens (including phenoxy) is 1. The van der Waals surface area contributed by atoms with E-state index in [0.29, 0.717) is 0 Å². The topological polar surface area (TPSA) is 112 Å². The maximum atomic E-state index is 11.0. The molecule has 0 radical (unpaired) electrons. The van der Waals surface area contributed by atoms with Crippen molar-refractivity contribution in [1.29, 1.82) is 0 Å². The van der Waals surface area contributed by atoms with Crippen molar-refractivity contribution in [3.8, 4) is 5.75 Å². The highest BCUT2D eigenvalue weighted by Crippen LogP contribution is 2.26. The van der Waals surface area contributed by atoms with Crippen molar-refractivity contribution in [2.75, 3.05) is 6.61 Å². The molecule has 0 saturated carbocycles. The van der Waals surface area contributed by atoms with Gasteiger partial charge in [-0.25, -0.2) is 13.6 Å². The number of primary sulfonamides is 1. The van der Waals surface area contributed by atoms with Crippen LogP contribution < -0.4 is 15.6 Å². The zero-order chi connectivity index (χ0) is 12.3. The van der Waals surface area contributed by atoms with Crippen molar-refractivity contribution in [1.82, 2.24) is 0 Å². The van der Waals surface area contributed by atoms with Crippen molar-refractivity contribution in [2.24, 2.45) is 10.9 Å². The number of nitrogens with two attached hydrogens (primary N) is 2. The highest BCUT2D eigenvalue weighted by atomic mass is 35.5. The lowest BCUT2D eigenvalue weighted by atomic mass is 10.3. The lowest BCUT2D eigenvalue weighted by molar-refractivity contribution is -0.119. The third kappa shape index (κ3) is 3.37. The van der Waals surface area contributed by atoms with Gasteiger partial charge in [-0.1, -0.05) is 11.6 Å². The summed E-state index contributed by atoms with van der Waals surface area (Å²) >= 11 is 5.72. The second-order valence-corrected chi connectivity index (χ2v) is 4.86. The summed E-state index contributed by atoms with van der Waals surface area (Å²) in [6.07, 6.45) is 0. The van der Waals surface area contributed by atoms with Gasteiger partial charge in [0.05, 0.1) is 9.92 Å². The normalized spacial score (nSPS) is 11.1. The Morgan fingerprint density at radius 2 is 2.06 bits per heavy atom. The molecule has 8 heteroatoms. The first-order valence-corrected chi connectivity index (χ1v) is 5.96. The first kappa shape index (κ1) is 12.8. The highest BCUT2D eigenvalue weighted by Gasteiger charge is 2.11. The van der Waals surface area contributed by atoms with Crippen LogP contribution in [0, 0.1) is 0 Å². The maximum Gasteiger partial charge on any atom is 0.255 e. The SMILES string of the molecule is NC(=O)COc1ccc(S(N)(=O)=O)cc1Cl. The Morgan fingerprint density at radius 1 is 1.44 bits per heavy atom. The summed E-state index contributed by atoms with van der Waals surface area (Å²) in [4.78, 5) is 10.3. The van der Waals surface area contributed by atoms with E-state index < -0.39 is 15.9 Å². The van der Waals surface area contributed by atoms with Crippen molar-refractivity contribution < 1.29 is 17.9 Å². The molecule has 0 fully saturated rings. The molecule has 4 N–H and O–H groups in total. The Labute approximate surface area is 97.2 Å². The first-order chi connectivity index (χ1) is 7.30. The number of hydrogen-bond donors (Lipinski definition) is 2. The molecule has 88 valence electrons. The molecule has 1 aromatic carbocycles. The molecule has 1 amide bonds. The van der Waals surface area contributed by atoms with Gasteiger partial charge in [-0.3, -0.25) is 4.79 Å². The number of sulfonamides is 1. The Bertz CT molecular complexity index is 515. The van der Waals surface area contributed by atoms with Gasteiger partial charge in [-0.15, -0.1) is 0 Å². The van der Waals surface area contributed by atoms with Crippen LogP contribution in [0.4, 0.5) is 0 Å².